The number of aromatic nitrogens is 1. The first-order chi connectivity index (χ1) is 18.0. The highest BCUT2D eigenvalue weighted by atomic mass is 32.2. The molecule has 4 aromatic carbocycles. The molecule has 37 heavy (non-hydrogen) atoms. The van der Waals surface area contributed by atoms with Crippen molar-refractivity contribution in [2.75, 3.05) is 5.75 Å². The van der Waals surface area contributed by atoms with Gasteiger partial charge in [-0.3, -0.25) is 9.59 Å². The molecule has 5 heteroatoms. The Balaban J connectivity index is 1.46. The molecule has 0 saturated heterocycles. The van der Waals surface area contributed by atoms with Gasteiger partial charge in [0.15, 0.2) is 5.78 Å². The molecule has 1 heterocycles. The van der Waals surface area contributed by atoms with E-state index in [0.29, 0.717) is 28.9 Å². The van der Waals surface area contributed by atoms with Crippen molar-refractivity contribution in [3.8, 4) is 0 Å². The third-order valence-corrected chi connectivity index (χ3v) is 7.75. The minimum absolute atomic E-state index is 0.0117. The zero-order chi connectivity index (χ0) is 25.9. The van der Waals surface area contributed by atoms with Crippen molar-refractivity contribution in [1.82, 2.24) is 4.57 Å². The highest BCUT2D eigenvalue weighted by Gasteiger charge is 2.18. The number of fused-ring (bicyclic) bond motifs is 3. The zero-order valence-electron chi connectivity index (χ0n) is 21.0. The van der Waals surface area contributed by atoms with Gasteiger partial charge in [-0.15, -0.1) is 11.8 Å². The van der Waals surface area contributed by atoms with Gasteiger partial charge in [0.25, 0.3) is 0 Å². The molecule has 1 aromatic heterocycles. The van der Waals surface area contributed by atoms with E-state index in [1.54, 1.807) is 11.8 Å². The van der Waals surface area contributed by atoms with E-state index >= 15 is 0 Å². The molecule has 0 amide bonds. The summed E-state index contributed by atoms with van der Waals surface area (Å²) < 4.78 is 2.20. The van der Waals surface area contributed by atoms with Crippen molar-refractivity contribution in [1.29, 1.82) is 5.41 Å². The summed E-state index contributed by atoms with van der Waals surface area (Å²) in [7, 11) is 0. The van der Waals surface area contributed by atoms with E-state index in [-0.39, 0.29) is 17.3 Å². The maximum absolute atomic E-state index is 13.3. The van der Waals surface area contributed by atoms with Crippen LogP contribution in [0.3, 0.4) is 0 Å². The molecule has 4 nitrogen and oxygen atoms in total. The molecular formula is C32H28N2O2S. The molecule has 0 aliphatic heterocycles. The Morgan fingerprint density at radius 3 is 2.11 bits per heavy atom. The molecular weight excluding hydrogens is 476 g/mol. The van der Waals surface area contributed by atoms with Crippen molar-refractivity contribution in [3.63, 3.8) is 0 Å². The Hall–Kier alpha value is -3.96. The molecule has 0 spiro atoms. The van der Waals surface area contributed by atoms with Gasteiger partial charge in [-0.05, 0) is 67.9 Å². The monoisotopic (exact) mass is 504 g/mol. The van der Waals surface area contributed by atoms with Gasteiger partial charge in [0, 0.05) is 62.1 Å². The van der Waals surface area contributed by atoms with E-state index in [4.69, 9.17) is 5.41 Å². The first kappa shape index (κ1) is 24.7. The van der Waals surface area contributed by atoms with Crippen LogP contribution in [-0.4, -0.2) is 27.6 Å². The topological polar surface area (TPSA) is 62.9 Å². The molecule has 184 valence electrons. The van der Waals surface area contributed by atoms with E-state index < -0.39 is 0 Å². The van der Waals surface area contributed by atoms with Crippen LogP contribution in [0, 0.1) is 12.3 Å². The van der Waals surface area contributed by atoms with Crippen LogP contribution in [0.2, 0.25) is 0 Å². The normalized spacial score (nSPS) is 11.2. The quantitative estimate of drug-likeness (QED) is 0.127. The second kappa shape index (κ2) is 10.6. The van der Waals surface area contributed by atoms with E-state index in [1.807, 2.05) is 97.9 Å². The average Bonchev–Trinajstić information content (AvgIpc) is 3.25. The fraction of sp³-hybridized carbons (Fsp3) is 0.156. The second-order valence-electron chi connectivity index (χ2n) is 9.07. The van der Waals surface area contributed by atoms with Gasteiger partial charge in [-0.25, -0.2) is 0 Å². The summed E-state index contributed by atoms with van der Waals surface area (Å²) in [5.74, 6) is 0.415. The molecule has 0 aliphatic carbocycles. The lowest BCUT2D eigenvalue weighted by Crippen LogP contribution is -2.14. The largest absolute Gasteiger partial charge is 0.341 e. The highest BCUT2D eigenvalue weighted by Crippen LogP contribution is 2.32. The number of nitrogens with one attached hydrogen (secondary N) is 1. The molecule has 1 N–H and O–H groups in total. The molecule has 0 atom stereocenters. The first-order valence-corrected chi connectivity index (χ1v) is 13.4. The highest BCUT2D eigenvalue weighted by molar-refractivity contribution is 7.99. The van der Waals surface area contributed by atoms with E-state index in [1.165, 1.54) is 0 Å². The number of hydrogen-bond donors (Lipinski definition) is 1. The summed E-state index contributed by atoms with van der Waals surface area (Å²) in [5.41, 5.74) is 4.92. The smallest absolute Gasteiger partial charge is 0.206 e. The third-order valence-electron chi connectivity index (χ3n) is 6.73. The number of rotatable bonds is 9. The molecule has 0 aliphatic rings. The Morgan fingerprint density at radius 1 is 0.811 bits per heavy atom. The van der Waals surface area contributed by atoms with Crippen LogP contribution in [0.5, 0.6) is 0 Å². The Morgan fingerprint density at radius 2 is 1.43 bits per heavy atom. The maximum Gasteiger partial charge on any atom is 0.206 e. The van der Waals surface area contributed by atoms with Crippen molar-refractivity contribution < 1.29 is 9.59 Å². The van der Waals surface area contributed by atoms with E-state index in [0.717, 1.165) is 38.8 Å². The lowest BCUT2D eigenvalue weighted by Gasteiger charge is -2.06. The molecule has 0 fully saturated rings. The molecule has 0 unspecified atom stereocenters. The van der Waals surface area contributed by atoms with E-state index in [9.17, 15) is 9.59 Å². The lowest BCUT2D eigenvalue weighted by atomic mass is 9.97. The minimum atomic E-state index is -0.250. The van der Waals surface area contributed by atoms with Gasteiger partial charge in [0.05, 0.1) is 5.71 Å². The lowest BCUT2D eigenvalue weighted by molar-refractivity contribution is 0.103. The number of thioether (sulfide) groups is 1. The number of carbonyl (C=O) groups is 2. The van der Waals surface area contributed by atoms with Crippen LogP contribution in [0.25, 0.3) is 21.8 Å². The van der Waals surface area contributed by atoms with Crippen LogP contribution in [0.1, 0.15) is 45.2 Å². The summed E-state index contributed by atoms with van der Waals surface area (Å²) in [6.07, 6.45) is 0.405. The minimum Gasteiger partial charge on any atom is -0.341 e. The molecule has 5 rings (SSSR count). The molecule has 0 bridgehead atoms. The van der Waals surface area contributed by atoms with Gasteiger partial charge in [0.1, 0.15) is 0 Å². The summed E-state index contributed by atoms with van der Waals surface area (Å²) in [4.78, 5) is 27.6. The number of benzene rings is 4. The average molecular weight is 505 g/mol. The van der Waals surface area contributed by atoms with Crippen LogP contribution >= 0.6 is 11.8 Å². The number of hydrogen-bond acceptors (Lipinski definition) is 4. The SMILES string of the molecule is CCn1c2ccc(C(=O)C(=N)CCSc3ccccc3)cc2c2cc(C(=O)c3ccccc3C)ccc21. The van der Waals surface area contributed by atoms with Gasteiger partial charge in [0.2, 0.25) is 5.78 Å². The zero-order valence-corrected chi connectivity index (χ0v) is 21.8. The van der Waals surface area contributed by atoms with Gasteiger partial charge < -0.3 is 9.98 Å². The van der Waals surface area contributed by atoms with E-state index in [2.05, 4.69) is 11.5 Å². The van der Waals surface area contributed by atoms with Crippen molar-refractivity contribution >= 4 is 50.8 Å². The van der Waals surface area contributed by atoms with Crippen molar-refractivity contribution in [2.24, 2.45) is 0 Å². The Kier molecular flexibility index (Phi) is 7.06. The van der Waals surface area contributed by atoms with Crippen molar-refractivity contribution in [2.45, 2.75) is 31.7 Å². The molecule has 0 radical (unpaired) electrons. The molecule has 0 saturated carbocycles. The number of aryl methyl sites for hydroxylation is 2. The van der Waals surface area contributed by atoms with Crippen molar-refractivity contribution in [3.05, 3.63) is 113 Å². The first-order valence-electron chi connectivity index (χ1n) is 12.4. The summed E-state index contributed by atoms with van der Waals surface area (Å²) in [5, 5.41) is 10.3. The summed E-state index contributed by atoms with van der Waals surface area (Å²) in [6, 6.07) is 29.1. The van der Waals surface area contributed by atoms with Gasteiger partial charge in [-0.2, -0.15) is 0 Å². The maximum atomic E-state index is 13.3. The fourth-order valence-electron chi connectivity index (χ4n) is 4.79. The summed E-state index contributed by atoms with van der Waals surface area (Å²) >= 11 is 1.65. The standard InChI is InChI=1S/C32H28N2O2S/c1-3-34-29-15-13-22(31(35)25-12-8-7-9-21(25)2)19-26(29)27-20-23(14-16-30(27)34)32(36)28(33)17-18-37-24-10-5-4-6-11-24/h4-16,19-20,33H,3,17-18H2,1-2H3. The van der Waals surface area contributed by atoms with Crippen LogP contribution in [0.15, 0.2) is 95.9 Å². The third kappa shape index (κ3) is 4.87. The summed E-state index contributed by atoms with van der Waals surface area (Å²) in [6.45, 7) is 4.80. The predicted octanol–water partition coefficient (Wildman–Crippen LogP) is 7.74. The number of ketones is 2. The van der Waals surface area contributed by atoms with Crippen LogP contribution < -0.4 is 0 Å². The van der Waals surface area contributed by atoms with Crippen LogP contribution in [0.4, 0.5) is 0 Å². The number of Topliss-reactive ketones (excluding diaryl/α,β-unsaturated/α-hetero) is 1. The Labute approximate surface area is 220 Å². The van der Waals surface area contributed by atoms with Crippen LogP contribution in [-0.2, 0) is 6.54 Å². The number of carbonyl (C=O) groups excluding carboxylic acids is 2. The molecule has 5 aromatic rings. The van der Waals surface area contributed by atoms with Gasteiger partial charge >= 0.3 is 0 Å². The second-order valence-corrected chi connectivity index (χ2v) is 10.2. The fourth-order valence-corrected chi connectivity index (χ4v) is 5.68. The number of nitrogens with zero attached hydrogens (tertiary/aromatic N) is 1. The van der Waals surface area contributed by atoms with Gasteiger partial charge in [-0.1, -0.05) is 42.5 Å². The Bertz CT molecular complexity index is 1650. The predicted molar refractivity (Wildman–Crippen MR) is 154 cm³/mol.